The number of nitrogens with zero attached hydrogens (tertiary/aromatic N) is 2. The first kappa shape index (κ1) is 26.6. The molecule has 0 saturated carbocycles. The number of hydrogen-bond acceptors (Lipinski definition) is 7. The molecular formula is C23H28N6O6S. The van der Waals surface area contributed by atoms with Crippen molar-refractivity contribution in [2.45, 2.75) is 36.2 Å². The van der Waals surface area contributed by atoms with Crippen LogP contribution in [0.3, 0.4) is 0 Å². The zero-order valence-corrected chi connectivity index (χ0v) is 20.1. The summed E-state index contributed by atoms with van der Waals surface area (Å²) in [6.07, 6.45) is 0.798. The van der Waals surface area contributed by atoms with Crippen molar-refractivity contribution < 1.29 is 27.9 Å². The summed E-state index contributed by atoms with van der Waals surface area (Å²) in [6.45, 7) is 0.262. The van der Waals surface area contributed by atoms with Gasteiger partial charge >= 0.3 is 5.97 Å². The summed E-state index contributed by atoms with van der Waals surface area (Å²) in [4.78, 5) is 41.0. The molecule has 0 aromatic heterocycles. The minimum Gasteiger partial charge on any atom is -0.480 e. The van der Waals surface area contributed by atoms with Crippen LogP contribution in [-0.4, -0.2) is 66.7 Å². The van der Waals surface area contributed by atoms with Gasteiger partial charge in [-0.1, -0.05) is 30.3 Å². The number of benzene rings is 2. The van der Waals surface area contributed by atoms with Crippen LogP contribution in [-0.2, 0) is 30.8 Å². The van der Waals surface area contributed by atoms with E-state index in [2.05, 4.69) is 15.6 Å². The molecule has 0 bridgehead atoms. The Morgan fingerprint density at radius 1 is 1.11 bits per heavy atom. The normalized spacial score (nSPS) is 16.1. The number of amides is 2. The van der Waals surface area contributed by atoms with Crippen LogP contribution in [0.5, 0.6) is 0 Å². The van der Waals surface area contributed by atoms with Gasteiger partial charge in [0.1, 0.15) is 12.6 Å². The van der Waals surface area contributed by atoms with Gasteiger partial charge in [-0.05, 0) is 49.2 Å². The van der Waals surface area contributed by atoms with Crippen LogP contribution < -0.4 is 22.1 Å². The zero-order chi connectivity index (χ0) is 26.3. The first-order valence-electron chi connectivity index (χ1n) is 11.1. The molecule has 192 valence electrons. The number of hydrogen-bond donors (Lipinski definition) is 5. The van der Waals surface area contributed by atoms with Crippen LogP contribution >= 0.6 is 0 Å². The Labute approximate surface area is 208 Å². The van der Waals surface area contributed by atoms with Gasteiger partial charge in [0.05, 0.1) is 10.9 Å². The van der Waals surface area contributed by atoms with Gasteiger partial charge in [0, 0.05) is 12.1 Å². The van der Waals surface area contributed by atoms with Gasteiger partial charge in [0.25, 0.3) is 15.9 Å². The molecule has 0 spiro atoms. The maximum absolute atomic E-state index is 13.5. The molecule has 3 rings (SSSR count). The summed E-state index contributed by atoms with van der Waals surface area (Å²) in [5.41, 5.74) is 11.3. The lowest BCUT2D eigenvalue weighted by Gasteiger charge is -2.30. The highest BCUT2D eigenvalue weighted by Gasteiger charge is 2.43. The van der Waals surface area contributed by atoms with Crippen LogP contribution in [0, 0.1) is 0 Å². The topological polar surface area (TPSA) is 197 Å². The predicted octanol–water partition coefficient (Wildman–Crippen LogP) is -0.136. The van der Waals surface area contributed by atoms with Gasteiger partial charge in [-0.25, -0.2) is 22.5 Å². The first-order chi connectivity index (χ1) is 17.1. The van der Waals surface area contributed by atoms with Crippen molar-refractivity contribution >= 4 is 39.5 Å². The standard InChI is InChI=1S/C23H28N6O6S/c24-23(25)27-14-20(30)28-16-10-8-15(9-11-16)13-19(22(32)33)29(21(31)18-7-4-12-26-18)36(34,35)17-5-2-1-3-6-17/h1-3,5-6,8-11,18-19,26H,4,7,12-14H2,(H,28,30)(H,32,33)(H4,24,25,27)/t18-,19-/m0/s1. The molecule has 1 heterocycles. The van der Waals surface area contributed by atoms with Crippen LogP contribution in [0.15, 0.2) is 64.5 Å². The highest BCUT2D eigenvalue weighted by atomic mass is 32.2. The van der Waals surface area contributed by atoms with Gasteiger partial charge in [-0.15, -0.1) is 0 Å². The van der Waals surface area contributed by atoms with E-state index in [9.17, 15) is 27.9 Å². The van der Waals surface area contributed by atoms with Gasteiger partial charge in [-0.3, -0.25) is 9.59 Å². The molecule has 1 aliphatic rings. The minimum atomic E-state index is -4.47. The number of carbonyl (C=O) groups is 3. The highest BCUT2D eigenvalue weighted by Crippen LogP contribution is 2.24. The number of nitrogens with one attached hydrogen (secondary N) is 2. The zero-order valence-electron chi connectivity index (χ0n) is 19.3. The molecule has 2 amide bonds. The maximum Gasteiger partial charge on any atom is 0.328 e. The fourth-order valence-electron chi connectivity index (χ4n) is 3.78. The van der Waals surface area contributed by atoms with Crippen LogP contribution in [0.4, 0.5) is 5.69 Å². The third-order valence-corrected chi connectivity index (χ3v) is 7.34. The lowest BCUT2D eigenvalue weighted by atomic mass is 10.0. The third-order valence-electron chi connectivity index (χ3n) is 5.52. The predicted molar refractivity (Wildman–Crippen MR) is 132 cm³/mol. The quantitative estimate of drug-likeness (QED) is 0.211. The largest absolute Gasteiger partial charge is 0.480 e. The van der Waals surface area contributed by atoms with E-state index in [1.54, 1.807) is 6.07 Å². The monoisotopic (exact) mass is 516 g/mol. The lowest BCUT2D eigenvalue weighted by Crippen LogP contribution is -2.54. The number of guanidine groups is 1. The van der Waals surface area contributed by atoms with E-state index in [0.717, 1.165) is 0 Å². The minimum absolute atomic E-state index is 0.179. The molecule has 7 N–H and O–H groups in total. The number of carboxylic acid groups (broad SMARTS) is 1. The Morgan fingerprint density at radius 2 is 1.78 bits per heavy atom. The lowest BCUT2D eigenvalue weighted by molar-refractivity contribution is -0.146. The third kappa shape index (κ3) is 6.58. The fraction of sp³-hybridized carbons (Fsp3) is 0.304. The number of aliphatic imine (C=N–C) groups is 1. The molecule has 0 unspecified atom stereocenters. The molecule has 2 aromatic carbocycles. The molecule has 0 aliphatic carbocycles. The summed E-state index contributed by atoms with van der Waals surface area (Å²) in [5.74, 6) is -2.96. The van der Waals surface area contributed by atoms with Crippen molar-refractivity contribution in [1.29, 1.82) is 0 Å². The second-order valence-corrected chi connectivity index (χ2v) is 9.96. The summed E-state index contributed by atoms with van der Waals surface area (Å²) in [6, 6.07) is 10.9. The summed E-state index contributed by atoms with van der Waals surface area (Å²) < 4.78 is 27.5. The summed E-state index contributed by atoms with van der Waals surface area (Å²) in [7, 11) is -4.47. The van der Waals surface area contributed by atoms with Gasteiger partial charge in [-0.2, -0.15) is 0 Å². The Kier molecular flexibility index (Phi) is 8.61. The Hall–Kier alpha value is -3.97. The fourth-order valence-corrected chi connectivity index (χ4v) is 5.37. The maximum atomic E-state index is 13.5. The van der Waals surface area contributed by atoms with Crippen LogP contribution in [0.2, 0.25) is 0 Å². The van der Waals surface area contributed by atoms with Crippen molar-refractivity contribution in [3.63, 3.8) is 0 Å². The molecule has 1 fully saturated rings. The number of rotatable bonds is 10. The number of anilines is 1. The Bertz CT molecular complexity index is 1220. The molecule has 1 aliphatic heterocycles. The van der Waals surface area contributed by atoms with Crippen molar-refractivity contribution in [3.05, 3.63) is 60.2 Å². The van der Waals surface area contributed by atoms with Gasteiger partial charge < -0.3 is 27.2 Å². The molecular weight excluding hydrogens is 488 g/mol. The highest BCUT2D eigenvalue weighted by molar-refractivity contribution is 7.89. The second-order valence-electron chi connectivity index (χ2n) is 8.15. The number of carboxylic acids is 1. The molecule has 2 aromatic rings. The second kappa shape index (κ2) is 11.6. The van der Waals surface area contributed by atoms with E-state index in [0.29, 0.717) is 34.9 Å². The van der Waals surface area contributed by atoms with E-state index in [4.69, 9.17) is 11.5 Å². The Morgan fingerprint density at radius 3 is 2.33 bits per heavy atom. The Balaban J connectivity index is 1.88. The molecule has 1 saturated heterocycles. The summed E-state index contributed by atoms with van der Waals surface area (Å²) in [5, 5.41) is 15.5. The number of aliphatic carboxylic acids is 1. The SMILES string of the molecule is NC(N)=NCC(=O)Nc1ccc(C[C@@H](C(=O)O)N(C(=O)[C@@H]2CCCN2)S(=O)(=O)c2ccccc2)cc1. The average Bonchev–Trinajstić information content (AvgIpc) is 3.39. The van der Waals surface area contributed by atoms with Gasteiger partial charge in [0.2, 0.25) is 5.91 Å². The van der Waals surface area contributed by atoms with E-state index in [1.807, 2.05) is 0 Å². The number of nitrogens with two attached hydrogens (primary N) is 2. The molecule has 36 heavy (non-hydrogen) atoms. The van der Waals surface area contributed by atoms with Crippen molar-refractivity contribution in [2.75, 3.05) is 18.4 Å². The van der Waals surface area contributed by atoms with Crippen LogP contribution in [0.1, 0.15) is 18.4 Å². The smallest absolute Gasteiger partial charge is 0.328 e. The van der Waals surface area contributed by atoms with Crippen molar-refractivity contribution in [1.82, 2.24) is 9.62 Å². The number of carbonyl (C=O) groups excluding carboxylic acids is 2. The summed E-state index contributed by atoms with van der Waals surface area (Å²) >= 11 is 0. The average molecular weight is 517 g/mol. The van der Waals surface area contributed by atoms with Crippen molar-refractivity contribution in [3.8, 4) is 0 Å². The first-order valence-corrected chi connectivity index (χ1v) is 12.6. The van der Waals surface area contributed by atoms with E-state index in [1.165, 1.54) is 48.5 Å². The van der Waals surface area contributed by atoms with Crippen molar-refractivity contribution in [2.24, 2.45) is 16.5 Å². The molecule has 13 heteroatoms. The van der Waals surface area contributed by atoms with Crippen LogP contribution in [0.25, 0.3) is 0 Å². The van der Waals surface area contributed by atoms with E-state index < -0.39 is 39.9 Å². The molecule has 2 atom stereocenters. The van der Waals surface area contributed by atoms with E-state index in [-0.39, 0.29) is 23.8 Å². The van der Waals surface area contributed by atoms with Gasteiger partial charge in [0.15, 0.2) is 5.96 Å². The molecule has 0 radical (unpaired) electrons. The molecule has 12 nitrogen and oxygen atoms in total. The number of sulfonamides is 1. The van der Waals surface area contributed by atoms with E-state index >= 15 is 0 Å².